The number of allylic oxidation sites excluding steroid dienone is 1. The lowest BCUT2D eigenvalue weighted by Crippen LogP contribution is -2.37. The Morgan fingerprint density at radius 1 is 0.905 bits per heavy atom. The fourth-order valence-corrected chi connectivity index (χ4v) is 5.54. The summed E-state index contributed by atoms with van der Waals surface area (Å²) in [6.45, 7) is 3.79. The lowest BCUT2D eigenvalue weighted by atomic mass is 9.80. The number of aromatic amines is 1. The van der Waals surface area contributed by atoms with Gasteiger partial charge >= 0.3 is 5.69 Å². The summed E-state index contributed by atoms with van der Waals surface area (Å²) in [4.78, 5) is 26.3. The van der Waals surface area contributed by atoms with Gasteiger partial charge in [0.1, 0.15) is 17.1 Å². The Kier molecular flexibility index (Phi) is 8.70. The molecule has 4 atom stereocenters. The molecule has 0 bridgehead atoms. The van der Waals surface area contributed by atoms with E-state index in [-0.39, 0.29) is 6.61 Å². The van der Waals surface area contributed by atoms with Crippen molar-refractivity contribution in [3.63, 3.8) is 0 Å². The van der Waals surface area contributed by atoms with Crippen molar-refractivity contribution < 1.29 is 23.3 Å². The minimum absolute atomic E-state index is 0.0134. The Morgan fingerprint density at radius 2 is 1.48 bits per heavy atom. The second-order valence-corrected chi connectivity index (χ2v) is 10.0. The Balaban J connectivity index is 1.59. The van der Waals surface area contributed by atoms with Crippen molar-refractivity contribution in [3.05, 3.63) is 141 Å². The molecule has 9 heteroatoms. The fraction of sp³-hybridized carbons (Fsp3) is 0.273. The number of benzene rings is 3. The molecule has 5 rings (SSSR count). The number of nitrogens with one attached hydrogen (secondary N) is 1. The van der Waals surface area contributed by atoms with Gasteiger partial charge < -0.3 is 18.9 Å². The second-order valence-electron chi connectivity index (χ2n) is 10.0. The summed E-state index contributed by atoms with van der Waals surface area (Å²) < 4.78 is 40.9. The molecule has 1 aliphatic rings. The summed E-state index contributed by atoms with van der Waals surface area (Å²) in [7, 11) is 3.21. The van der Waals surface area contributed by atoms with E-state index in [2.05, 4.69) is 11.6 Å². The monoisotopic (exact) mass is 572 g/mol. The first-order valence-corrected chi connectivity index (χ1v) is 13.6. The van der Waals surface area contributed by atoms with E-state index in [1.807, 2.05) is 78.9 Å². The highest BCUT2D eigenvalue weighted by molar-refractivity contribution is 5.49. The lowest BCUT2D eigenvalue weighted by molar-refractivity contribution is -0.0873. The molecule has 2 heterocycles. The number of hydrogen-bond acceptors (Lipinski definition) is 6. The summed E-state index contributed by atoms with van der Waals surface area (Å²) in [5, 5.41) is 0. The molecule has 218 valence electrons. The zero-order chi connectivity index (χ0) is 29.7. The van der Waals surface area contributed by atoms with Gasteiger partial charge in [-0.25, -0.2) is 9.18 Å². The quantitative estimate of drug-likeness (QED) is 0.201. The van der Waals surface area contributed by atoms with Crippen molar-refractivity contribution in [2.24, 2.45) is 5.92 Å². The summed E-state index contributed by atoms with van der Waals surface area (Å²) >= 11 is 0. The SMILES string of the molecule is C=CC[C@H]1[C@@H](F)[C@H](n2ccc(=O)[nH]c2=O)O[C@@H]1COC(c1ccccc1)(c1ccc(OC)cc1)c1ccc(OC)cc1. The van der Waals surface area contributed by atoms with Gasteiger partial charge in [0.05, 0.1) is 26.9 Å². The number of ether oxygens (including phenoxy) is 4. The predicted octanol–water partition coefficient (Wildman–Crippen LogP) is 4.99. The van der Waals surface area contributed by atoms with Crippen molar-refractivity contribution in [3.8, 4) is 11.5 Å². The Morgan fingerprint density at radius 3 is 2.00 bits per heavy atom. The number of hydrogen-bond donors (Lipinski definition) is 1. The molecule has 0 spiro atoms. The fourth-order valence-electron chi connectivity index (χ4n) is 5.54. The number of nitrogens with zero attached hydrogens (tertiary/aromatic N) is 1. The normalized spacial score (nSPS) is 20.3. The predicted molar refractivity (Wildman–Crippen MR) is 157 cm³/mol. The number of halogens is 1. The molecule has 42 heavy (non-hydrogen) atoms. The van der Waals surface area contributed by atoms with Crippen LogP contribution in [0, 0.1) is 5.92 Å². The average Bonchev–Trinajstić information content (AvgIpc) is 3.33. The first-order chi connectivity index (χ1) is 20.4. The summed E-state index contributed by atoms with van der Waals surface area (Å²) in [5.74, 6) is 0.733. The maximum absolute atomic E-state index is 15.9. The van der Waals surface area contributed by atoms with Crippen LogP contribution in [0.1, 0.15) is 29.3 Å². The molecular weight excluding hydrogens is 539 g/mol. The van der Waals surface area contributed by atoms with Crippen molar-refractivity contribution in [2.75, 3.05) is 20.8 Å². The maximum Gasteiger partial charge on any atom is 0.330 e. The van der Waals surface area contributed by atoms with Crippen LogP contribution in [0.2, 0.25) is 0 Å². The van der Waals surface area contributed by atoms with Crippen molar-refractivity contribution >= 4 is 0 Å². The number of aromatic nitrogens is 2. The van der Waals surface area contributed by atoms with Crippen molar-refractivity contribution in [1.29, 1.82) is 0 Å². The minimum Gasteiger partial charge on any atom is -0.497 e. The first kappa shape index (κ1) is 29.0. The van der Waals surface area contributed by atoms with Crippen LogP contribution < -0.4 is 20.7 Å². The van der Waals surface area contributed by atoms with Crippen LogP contribution in [0.15, 0.2) is 113 Å². The van der Waals surface area contributed by atoms with Crippen LogP contribution in [0.4, 0.5) is 4.39 Å². The summed E-state index contributed by atoms with van der Waals surface area (Å²) in [5.41, 5.74) is 0.0544. The van der Waals surface area contributed by atoms with Gasteiger partial charge in [-0.3, -0.25) is 14.3 Å². The third-order valence-electron chi connectivity index (χ3n) is 7.67. The Hall–Kier alpha value is -4.47. The van der Waals surface area contributed by atoms with E-state index in [0.29, 0.717) is 17.9 Å². The van der Waals surface area contributed by atoms with Crippen molar-refractivity contribution in [1.82, 2.24) is 9.55 Å². The van der Waals surface area contributed by atoms with E-state index in [9.17, 15) is 9.59 Å². The Bertz CT molecular complexity index is 1550. The Labute approximate surface area is 243 Å². The van der Waals surface area contributed by atoms with E-state index in [1.54, 1.807) is 20.3 Å². The summed E-state index contributed by atoms with van der Waals surface area (Å²) in [6.07, 6.45) is -0.345. The number of methoxy groups -OCH3 is 2. The van der Waals surface area contributed by atoms with Crippen LogP contribution in [0.25, 0.3) is 0 Å². The largest absolute Gasteiger partial charge is 0.497 e. The van der Waals surface area contributed by atoms with Crippen LogP contribution in [-0.4, -0.2) is 42.7 Å². The molecule has 1 aliphatic heterocycles. The van der Waals surface area contributed by atoms with Crippen LogP contribution >= 0.6 is 0 Å². The molecule has 0 radical (unpaired) electrons. The van der Waals surface area contributed by atoms with Gasteiger partial charge in [-0.1, -0.05) is 60.7 Å². The highest BCUT2D eigenvalue weighted by atomic mass is 19.1. The van der Waals surface area contributed by atoms with Crippen LogP contribution in [0.3, 0.4) is 0 Å². The van der Waals surface area contributed by atoms with Gasteiger partial charge in [0.25, 0.3) is 5.56 Å². The van der Waals surface area contributed by atoms with Crippen LogP contribution in [0.5, 0.6) is 11.5 Å². The number of H-pyrrole nitrogens is 1. The third-order valence-corrected chi connectivity index (χ3v) is 7.67. The van der Waals surface area contributed by atoms with Gasteiger partial charge in [0, 0.05) is 18.2 Å². The third kappa shape index (κ3) is 5.53. The van der Waals surface area contributed by atoms with Gasteiger partial charge in [0.15, 0.2) is 12.4 Å². The van der Waals surface area contributed by atoms with E-state index in [4.69, 9.17) is 18.9 Å². The van der Waals surface area contributed by atoms with E-state index in [0.717, 1.165) is 27.3 Å². The minimum atomic E-state index is -1.55. The molecular formula is C33H33FN2O6. The molecule has 1 N–H and O–H groups in total. The van der Waals surface area contributed by atoms with Crippen molar-refractivity contribution in [2.45, 2.75) is 30.5 Å². The molecule has 1 aromatic heterocycles. The molecule has 1 saturated heterocycles. The summed E-state index contributed by atoms with van der Waals surface area (Å²) in [6, 6.07) is 26.1. The van der Waals surface area contributed by atoms with Gasteiger partial charge in [0.2, 0.25) is 0 Å². The molecule has 3 aromatic carbocycles. The van der Waals surface area contributed by atoms with Crippen LogP contribution in [-0.2, 0) is 15.1 Å². The van der Waals surface area contributed by atoms with Gasteiger partial charge in [-0.15, -0.1) is 6.58 Å². The van der Waals surface area contributed by atoms with E-state index < -0.39 is 41.3 Å². The topological polar surface area (TPSA) is 91.8 Å². The van der Waals surface area contributed by atoms with E-state index in [1.165, 1.54) is 6.20 Å². The second kappa shape index (κ2) is 12.6. The average molecular weight is 573 g/mol. The molecule has 0 unspecified atom stereocenters. The van der Waals surface area contributed by atoms with Gasteiger partial charge in [-0.2, -0.15) is 0 Å². The number of rotatable bonds is 11. The first-order valence-electron chi connectivity index (χ1n) is 13.6. The molecule has 4 aromatic rings. The van der Waals surface area contributed by atoms with Gasteiger partial charge in [-0.05, 0) is 47.4 Å². The lowest BCUT2D eigenvalue weighted by Gasteiger charge is -2.37. The van der Waals surface area contributed by atoms with E-state index >= 15 is 4.39 Å². The maximum atomic E-state index is 15.9. The molecule has 0 saturated carbocycles. The standard InChI is InChI=1S/C33H33FN2O6/c1-4-8-27-28(42-31(30(27)34)36-20-19-29(37)35-32(36)38)21-41-33(22-9-6-5-7-10-22,23-11-15-25(39-2)16-12-23)24-13-17-26(40-3)18-14-24/h4-7,9-20,27-28,30-31H,1,8,21H2,2-3H3,(H,35,37,38)/t27-,28-,30-,31-/m1/s1. The smallest absolute Gasteiger partial charge is 0.330 e. The molecule has 0 aliphatic carbocycles. The highest BCUT2D eigenvalue weighted by Gasteiger charge is 2.47. The zero-order valence-electron chi connectivity index (χ0n) is 23.4. The molecule has 0 amide bonds. The molecule has 1 fully saturated rings. The zero-order valence-corrected chi connectivity index (χ0v) is 23.4. The highest BCUT2D eigenvalue weighted by Crippen LogP contribution is 2.44. The molecule has 8 nitrogen and oxygen atoms in total. The number of alkyl halides is 1.